The molecule has 0 fully saturated rings. The van der Waals surface area contributed by atoms with E-state index in [0.29, 0.717) is 0 Å². The maximum atomic E-state index is 5.76. The summed E-state index contributed by atoms with van der Waals surface area (Å²) in [6.07, 6.45) is 3.76. The van der Waals surface area contributed by atoms with Gasteiger partial charge in [0, 0.05) is 0 Å². The second-order valence-electron chi connectivity index (χ2n) is 6.82. The first-order valence-corrected chi connectivity index (χ1v) is 10.00. The number of rotatable bonds is 4. The summed E-state index contributed by atoms with van der Waals surface area (Å²) in [6.45, 7) is 15.2. The van der Waals surface area contributed by atoms with Gasteiger partial charge < -0.3 is 4.53 Å². The lowest BCUT2D eigenvalue weighted by atomic mass is 10.1. The molecule has 1 aromatic rings. The SMILES string of the molecule is C/C(=C\C=N\O[Si](C)(C)C(C)(C)C)c1ccc(C)cc1. The normalized spacial score (nSPS) is 13.8. The molecule has 0 aromatic heterocycles. The molecule has 0 aliphatic carbocycles. The number of benzene rings is 1. The molecule has 0 bridgehead atoms. The van der Waals surface area contributed by atoms with Crippen LogP contribution in [0.25, 0.3) is 5.57 Å². The van der Waals surface area contributed by atoms with Crippen molar-refractivity contribution >= 4 is 20.1 Å². The van der Waals surface area contributed by atoms with Crippen molar-refractivity contribution in [1.29, 1.82) is 0 Å². The highest BCUT2D eigenvalue weighted by Gasteiger charge is 2.39. The molecule has 0 radical (unpaired) electrons. The fourth-order valence-electron chi connectivity index (χ4n) is 1.35. The van der Waals surface area contributed by atoms with E-state index in [2.05, 4.69) is 77.1 Å². The highest BCUT2D eigenvalue weighted by atomic mass is 28.4. The highest BCUT2D eigenvalue weighted by molar-refractivity contribution is 6.74. The van der Waals surface area contributed by atoms with E-state index in [1.165, 1.54) is 16.7 Å². The van der Waals surface area contributed by atoms with E-state index < -0.39 is 8.32 Å². The van der Waals surface area contributed by atoms with Crippen molar-refractivity contribution in [1.82, 2.24) is 0 Å². The first-order chi connectivity index (χ1) is 9.13. The third kappa shape index (κ3) is 4.64. The fourth-order valence-corrected chi connectivity index (χ4v) is 1.95. The maximum Gasteiger partial charge on any atom is 0.286 e. The molecule has 0 unspecified atom stereocenters. The quantitative estimate of drug-likeness (QED) is 0.413. The van der Waals surface area contributed by atoms with Gasteiger partial charge in [-0.25, -0.2) is 0 Å². The van der Waals surface area contributed by atoms with Gasteiger partial charge in [0.25, 0.3) is 8.32 Å². The Morgan fingerprint density at radius 3 is 2.20 bits per heavy atom. The summed E-state index contributed by atoms with van der Waals surface area (Å²) >= 11 is 0. The van der Waals surface area contributed by atoms with Gasteiger partial charge in [-0.1, -0.05) is 50.6 Å². The minimum atomic E-state index is -1.79. The standard InChI is InChI=1S/C17H27NOSi/c1-14-8-10-16(11-9-14)15(2)12-13-18-19-20(6,7)17(3,4)5/h8-13H,1-7H3/b15-12+,18-13+. The molecule has 0 heterocycles. The predicted molar refractivity (Wildman–Crippen MR) is 91.6 cm³/mol. The Balaban J connectivity index is 2.68. The minimum absolute atomic E-state index is 0.181. The van der Waals surface area contributed by atoms with Crippen molar-refractivity contribution in [2.24, 2.45) is 5.16 Å². The maximum absolute atomic E-state index is 5.76. The smallest absolute Gasteiger partial charge is 0.286 e. The Hall–Kier alpha value is -1.35. The van der Waals surface area contributed by atoms with E-state index in [9.17, 15) is 0 Å². The van der Waals surface area contributed by atoms with Crippen LogP contribution in [0.3, 0.4) is 0 Å². The molecule has 0 amide bonds. The van der Waals surface area contributed by atoms with Gasteiger partial charge in [-0.2, -0.15) is 0 Å². The Labute approximate surface area is 124 Å². The number of allylic oxidation sites excluding steroid dienone is 2. The average Bonchev–Trinajstić information content (AvgIpc) is 2.34. The van der Waals surface area contributed by atoms with Gasteiger partial charge in [-0.05, 0) is 49.2 Å². The molecule has 0 spiro atoms. The number of hydrogen-bond acceptors (Lipinski definition) is 2. The van der Waals surface area contributed by atoms with E-state index in [4.69, 9.17) is 4.53 Å². The Morgan fingerprint density at radius 1 is 1.15 bits per heavy atom. The number of oxime groups is 1. The largest absolute Gasteiger partial charge is 0.455 e. The molecule has 0 saturated heterocycles. The monoisotopic (exact) mass is 289 g/mol. The van der Waals surface area contributed by atoms with Crippen LogP contribution in [0.15, 0.2) is 35.5 Å². The molecule has 20 heavy (non-hydrogen) atoms. The molecule has 2 nitrogen and oxygen atoms in total. The van der Waals surface area contributed by atoms with Crippen molar-refractivity contribution < 1.29 is 4.53 Å². The number of nitrogens with zero attached hydrogens (tertiary/aromatic N) is 1. The van der Waals surface area contributed by atoms with Crippen LogP contribution < -0.4 is 0 Å². The third-order valence-electron chi connectivity index (χ3n) is 3.98. The van der Waals surface area contributed by atoms with Gasteiger partial charge in [-0.15, -0.1) is 5.16 Å². The second-order valence-corrected chi connectivity index (χ2v) is 11.5. The summed E-state index contributed by atoms with van der Waals surface area (Å²) in [6, 6.07) is 8.50. The first kappa shape index (κ1) is 16.7. The van der Waals surface area contributed by atoms with Crippen LogP contribution in [-0.4, -0.2) is 14.5 Å². The summed E-state index contributed by atoms with van der Waals surface area (Å²) in [5.41, 5.74) is 3.68. The Kier molecular flexibility index (Phi) is 5.34. The topological polar surface area (TPSA) is 21.6 Å². The highest BCUT2D eigenvalue weighted by Crippen LogP contribution is 2.36. The van der Waals surface area contributed by atoms with Gasteiger partial charge in [0.15, 0.2) is 0 Å². The van der Waals surface area contributed by atoms with E-state index in [1.807, 2.05) is 6.08 Å². The van der Waals surface area contributed by atoms with Gasteiger partial charge in [0.1, 0.15) is 0 Å². The minimum Gasteiger partial charge on any atom is -0.455 e. The number of hydrogen-bond donors (Lipinski definition) is 0. The molecule has 3 heteroatoms. The third-order valence-corrected chi connectivity index (χ3v) is 8.15. The molecule has 1 aromatic carbocycles. The molecular formula is C17H27NOSi. The van der Waals surface area contributed by atoms with Crippen LogP contribution in [0, 0.1) is 6.92 Å². The van der Waals surface area contributed by atoms with E-state index in [0.717, 1.165) is 0 Å². The van der Waals surface area contributed by atoms with E-state index in [1.54, 1.807) is 6.21 Å². The van der Waals surface area contributed by atoms with Crippen molar-refractivity contribution in [2.45, 2.75) is 52.8 Å². The molecule has 0 aliphatic heterocycles. The summed E-state index contributed by atoms with van der Waals surface area (Å²) in [5, 5.41) is 4.33. The molecule has 0 N–H and O–H groups in total. The van der Waals surface area contributed by atoms with Crippen LogP contribution in [0.5, 0.6) is 0 Å². The summed E-state index contributed by atoms with van der Waals surface area (Å²) in [5.74, 6) is 0. The van der Waals surface area contributed by atoms with Crippen molar-refractivity contribution in [3.05, 3.63) is 41.5 Å². The zero-order valence-electron chi connectivity index (χ0n) is 13.8. The van der Waals surface area contributed by atoms with Gasteiger partial charge in [0.2, 0.25) is 0 Å². The van der Waals surface area contributed by atoms with Crippen LogP contribution in [0.2, 0.25) is 18.1 Å². The number of aryl methyl sites for hydroxylation is 1. The van der Waals surface area contributed by atoms with E-state index in [-0.39, 0.29) is 5.04 Å². The van der Waals surface area contributed by atoms with Crippen LogP contribution in [0.1, 0.15) is 38.8 Å². The lowest BCUT2D eigenvalue weighted by Gasteiger charge is -2.32. The van der Waals surface area contributed by atoms with Gasteiger partial charge in [0.05, 0.1) is 6.21 Å². The summed E-state index contributed by atoms with van der Waals surface area (Å²) in [7, 11) is -1.79. The van der Waals surface area contributed by atoms with Crippen molar-refractivity contribution in [2.75, 3.05) is 0 Å². The lowest BCUT2D eigenvalue weighted by Crippen LogP contribution is -2.39. The van der Waals surface area contributed by atoms with Crippen LogP contribution in [0.4, 0.5) is 0 Å². The molecule has 0 atom stereocenters. The fraction of sp³-hybridized carbons (Fsp3) is 0.471. The van der Waals surface area contributed by atoms with E-state index >= 15 is 0 Å². The van der Waals surface area contributed by atoms with Gasteiger partial charge >= 0.3 is 0 Å². The average molecular weight is 289 g/mol. The van der Waals surface area contributed by atoms with Crippen LogP contribution in [-0.2, 0) is 4.53 Å². The zero-order chi connectivity index (χ0) is 15.4. The second kappa shape index (κ2) is 6.40. The van der Waals surface area contributed by atoms with Gasteiger partial charge in [-0.3, -0.25) is 0 Å². The molecule has 1 rings (SSSR count). The van der Waals surface area contributed by atoms with Crippen molar-refractivity contribution in [3.63, 3.8) is 0 Å². The Bertz CT molecular complexity index is 493. The lowest BCUT2D eigenvalue weighted by molar-refractivity contribution is 0.310. The van der Waals surface area contributed by atoms with Crippen LogP contribution >= 0.6 is 0 Å². The molecule has 0 aliphatic rings. The predicted octanol–water partition coefficient (Wildman–Crippen LogP) is 5.41. The summed E-state index contributed by atoms with van der Waals surface area (Å²) in [4.78, 5) is 0. The van der Waals surface area contributed by atoms with Crippen molar-refractivity contribution in [3.8, 4) is 0 Å². The first-order valence-electron chi connectivity index (χ1n) is 7.09. The molecule has 0 saturated carbocycles. The zero-order valence-corrected chi connectivity index (χ0v) is 14.8. The molecule has 110 valence electrons. The summed E-state index contributed by atoms with van der Waals surface area (Å²) < 4.78 is 5.76. The Morgan fingerprint density at radius 2 is 1.70 bits per heavy atom. The molecular weight excluding hydrogens is 262 g/mol.